The lowest BCUT2D eigenvalue weighted by Gasteiger charge is -2.19. The van der Waals surface area contributed by atoms with E-state index in [0.29, 0.717) is 5.75 Å². The SMILES string of the molecule is CC(O)c1cccc(OCCS(=O)(=O)C(C)(C)C)c1. The maximum Gasteiger partial charge on any atom is 0.158 e. The van der Waals surface area contributed by atoms with Gasteiger partial charge in [0.05, 0.1) is 16.6 Å². The summed E-state index contributed by atoms with van der Waals surface area (Å²) in [6.45, 7) is 6.81. The molecule has 0 heterocycles. The van der Waals surface area contributed by atoms with Crippen LogP contribution in [-0.4, -0.2) is 30.6 Å². The van der Waals surface area contributed by atoms with Crippen LogP contribution in [0.2, 0.25) is 0 Å². The molecule has 0 fully saturated rings. The number of hydrogen-bond acceptors (Lipinski definition) is 4. The predicted octanol–water partition coefficient (Wildman–Crippen LogP) is 2.33. The van der Waals surface area contributed by atoms with Gasteiger partial charge in [0.1, 0.15) is 12.4 Å². The number of hydrogen-bond donors (Lipinski definition) is 1. The number of sulfone groups is 1. The quantitative estimate of drug-likeness (QED) is 0.902. The first-order chi connectivity index (χ1) is 8.63. The molecule has 1 aromatic rings. The first kappa shape index (κ1) is 16.0. The molecule has 19 heavy (non-hydrogen) atoms. The Bertz CT molecular complexity index is 512. The van der Waals surface area contributed by atoms with Crippen molar-refractivity contribution >= 4 is 9.84 Å². The van der Waals surface area contributed by atoms with E-state index in [1.807, 2.05) is 0 Å². The largest absolute Gasteiger partial charge is 0.493 e. The lowest BCUT2D eigenvalue weighted by molar-refractivity contribution is 0.198. The first-order valence-corrected chi connectivity index (χ1v) is 7.92. The average Bonchev–Trinajstić information content (AvgIpc) is 2.27. The minimum Gasteiger partial charge on any atom is -0.493 e. The van der Waals surface area contributed by atoms with Gasteiger partial charge in [0.25, 0.3) is 0 Å². The summed E-state index contributed by atoms with van der Waals surface area (Å²) < 4.78 is 28.5. The van der Waals surface area contributed by atoms with Crippen LogP contribution < -0.4 is 4.74 Å². The van der Waals surface area contributed by atoms with E-state index in [4.69, 9.17) is 4.74 Å². The molecule has 108 valence electrons. The van der Waals surface area contributed by atoms with Crippen molar-refractivity contribution in [2.45, 2.75) is 38.5 Å². The second kappa shape index (κ2) is 5.92. The first-order valence-electron chi connectivity index (χ1n) is 6.26. The molecule has 0 saturated heterocycles. The van der Waals surface area contributed by atoms with Crippen molar-refractivity contribution in [1.82, 2.24) is 0 Å². The molecule has 1 atom stereocenters. The summed E-state index contributed by atoms with van der Waals surface area (Å²) in [7, 11) is -3.17. The van der Waals surface area contributed by atoms with Crippen molar-refractivity contribution < 1.29 is 18.3 Å². The Labute approximate surface area is 115 Å². The van der Waals surface area contributed by atoms with Gasteiger partial charge >= 0.3 is 0 Å². The van der Waals surface area contributed by atoms with Gasteiger partial charge in [-0.15, -0.1) is 0 Å². The molecule has 0 aromatic heterocycles. The van der Waals surface area contributed by atoms with Crippen molar-refractivity contribution in [3.8, 4) is 5.75 Å². The lowest BCUT2D eigenvalue weighted by Crippen LogP contribution is -2.32. The Morgan fingerprint density at radius 2 is 1.95 bits per heavy atom. The van der Waals surface area contributed by atoms with Crippen LogP contribution in [0.3, 0.4) is 0 Å². The number of ether oxygens (including phenoxy) is 1. The highest BCUT2D eigenvalue weighted by Gasteiger charge is 2.28. The molecule has 5 heteroatoms. The van der Waals surface area contributed by atoms with E-state index in [1.165, 1.54) is 0 Å². The predicted molar refractivity (Wildman–Crippen MR) is 76.1 cm³/mol. The standard InChI is InChI=1S/C14H22O4S/c1-11(15)12-6-5-7-13(10-12)18-8-9-19(16,17)14(2,3)4/h5-7,10-11,15H,8-9H2,1-4H3. The summed E-state index contributed by atoms with van der Waals surface area (Å²) in [5.74, 6) is 0.553. The molecule has 1 aromatic carbocycles. The van der Waals surface area contributed by atoms with Gasteiger partial charge in [-0.2, -0.15) is 0 Å². The van der Waals surface area contributed by atoms with E-state index in [0.717, 1.165) is 5.56 Å². The second-order valence-corrected chi connectivity index (χ2v) is 8.39. The summed E-state index contributed by atoms with van der Waals surface area (Å²) in [6.07, 6.45) is -0.568. The van der Waals surface area contributed by atoms with Gasteiger partial charge in [-0.05, 0) is 45.4 Å². The third-order valence-corrected chi connectivity index (χ3v) is 5.46. The van der Waals surface area contributed by atoms with Crippen molar-refractivity contribution in [2.24, 2.45) is 0 Å². The third-order valence-electron chi connectivity index (χ3n) is 2.89. The average molecular weight is 286 g/mol. The van der Waals surface area contributed by atoms with Gasteiger partial charge in [-0.1, -0.05) is 12.1 Å². The molecule has 0 aliphatic heterocycles. The maximum atomic E-state index is 11.9. The Kier molecular flexibility index (Phi) is 4.98. The number of aliphatic hydroxyl groups is 1. The topological polar surface area (TPSA) is 63.6 Å². The fourth-order valence-corrected chi connectivity index (χ4v) is 2.35. The molecule has 0 saturated carbocycles. The Balaban J connectivity index is 2.62. The number of aliphatic hydroxyl groups excluding tert-OH is 1. The molecular formula is C14H22O4S. The highest BCUT2D eigenvalue weighted by atomic mass is 32.2. The molecule has 0 bridgehead atoms. The van der Waals surface area contributed by atoms with Crippen LogP contribution in [0.25, 0.3) is 0 Å². The monoisotopic (exact) mass is 286 g/mol. The van der Waals surface area contributed by atoms with Gasteiger partial charge in [-0.25, -0.2) is 8.42 Å². The Hall–Kier alpha value is -1.07. The van der Waals surface area contributed by atoms with E-state index in [-0.39, 0.29) is 12.4 Å². The normalized spacial score (nSPS) is 14.2. The van der Waals surface area contributed by atoms with Crippen LogP contribution in [0.15, 0.2) is 24.3 Å². The zero-order chi connectivity index (χ0) is 14.7. The van der Waals surface area contributed by atoms with E-state index in [9.17, 15) is 13.5 Å². The number of rotatable bonds is 5. The highest BCUT2D eigenvalue weighted by molar-refractivity contribution is 7.92. The molecule has 0 aliphatic rings. The molecule has 0 radical (unpaired) electrons. The van der Waals surface area contributed by atoms with Crippen LogP contribution in [0, 0.1) is 0 Å². The van der Waals surface area contributed by atoms with Crippen LogP contribution >= 0.6 is 0 Å². The minimum absolute atomic E-state index is 0.0184. The molecule has 1 N–H and O–H groups in total. The van der Waals surface area contributed by atoms with Crippen LogP contribution in [-0.2, 0) is 9.84 Å². The highest BCUT2D eigenvalue weighted by Crippen LogP contribution is 2.20. The third kappa shape index (κ3) is 4.51. The summed E-state index contributed by atoms with van der Waals surface area (Å²) in [5, 5.41) is 9.46. The van der Waals surface area contributed by atoms with Crippen molar-refractivity contribution in [3.63, 3.8) is 0 Å². The Morgan fingerprint density at radius 3 is 2.47 bits per heavy atom. The number of benzene rings is 1. The fraction of sp³-hybridized carbons (Fsp3) is 0.571. The van der Waals surface area contributed by atoms with Crippen molar-refractivity contribution in [3.05, 3.63) is 29.8 Å². The van der Waals surface area contributed by atoms with Crippen molar-refractivity contribution in [2.75, 3.05) is 12.4 Å². The summed E-state index contributed by atoms with van der Waals surface area (Å²) in [5.41, 5.74) is 0.746. The molecule has 0 amide bonds. The van der Waals surface area contributed by atoms with Crippen LogP contribution in [0.4, 0.5) is 0 Å². The van der Waals surface area contributed by atoms with Crippen LogP contribution in [0.1, 0.15) is 39.4 Å². The van der Waals surface area contributed by atoms with Crippen molar-refractivity contribution in [1.29, 1.82) is 0 Å². The lowest BCUT2D eigenvalue weighted by atomic mass is 10.1. The summed E-state index contributed by atoms with van der Waals surface area (Å²) >= 11 is 0. The van der Waals surface area contributed by atoms with E-state index in [2.05, 4.69) is 0 Å². The van der Waals surface area contributed by atoms with E-state index < -0.39 is 20.7 Å². The second-order valence-electron chi connectivity index (χ2n) is 5.53. The van der Waals surface area contributed by atoms with E-state index >= 15 is 0 Å². The molecule has 0 spiro atoms. The fourth-order valence-electron chi connectivity index (χ4n) is 1.44. The summed E-state index contributed by atoms with van der Waals surface area (Å²) in [4.78, 5) is 0. The zero-order valence-corrected chi connectivity index (χ0v) is 12.7. The smallest absolute Gasteiger partial charge is 0.158 e. The van der Waals surface area contributed by atoms with E-state index in [1.54, 1.807) is 52.0 Å². The maximum absolute atomic E-state index is 11.9. The molecule has 1 rings (SSSR count). The van der Waals surface area contributed by atoms with Gasteiger partial charge in [0, 0.05) is 0 Å². The molecule has 4 nitrogen and oxygen atoms in total. The minimum atomic E-state index is -3.17. The summed E-state index contributed by atoms with van der Waals surface area (Å²) in [6, 6.07) is 7.03. The molecule has 0 aliphatic carbocycles. The zero-order valence-electron chi connectivity index (χ0n) is 11.9. The van der Waals surface area contributed by atoms with Gasteiger partial charge in [0.2, 0.25) is 0 Å². The van der Waals surface area contributed by atoms with Gasteiger partial charge < -0.3 is 9.84 Å². The van der Waals surface area contributed by atoms with Crippen LogP contribution in [0.5, 0.6) is 5.75 Å². The molecule has 1 unspecified atom stereocenters. The van der Waals surface area contributed by atoms with Gasteiger partial charge in [-0.3, -0.25) is 0 Å². The molecular weight excluding hydrogens is 264 g/mol. The Morgan fingerprint density at radius 1 is 1.32 bits per heavy atom. The van der Waals surface area contributed by atoms with Gasteiger partial charge in [0.15, 0.2) is 9.84 Å².